The highest BCUT2D eigenvalue weighted by atomic mass is 16.1. The smallest absolute Gasteiger partial charge is 0.264 e. The second kappa shape index (κ2) is 8.76. The molecule has 0 unspecified atom stereocenters. The summed E-state index contributed by atoms with van der Waals surface area (Å²) in [7, 11) is 0. The molecule has 146 valence electrons. The van der Waals surface area contributed by atoms with Crippen LogP contribution in [-0.2, 0) is 4.79 Å². The second-order valence-electron chi connectivity index (χ2n) is 6.68. The van der Waals surface area contributed by atoms with Crippen molar-refractivity contribution < 1.29 is 4.79 Å². The summed E-state index contributed by atoms with van der Waals surface area (Å²) in [4.78, 5) is 20.1. The van der Waals surface area contributed by atoms with E-state index in [4.69, 9.17) is 0 Å². The molecule has 4 rings (SSSR count). The van der Waals surface area contributed by atoms with E-state index in [2.05, 4.69) is 20.6 Å². The van der Waals surface area contributed by atoms with Crippen molar-refractivity contribution >= 4 is 22.6 Å². The molecule has 0 bridgehead atoms. The molecule has 30 heavy (non-hydrogen) atoms. The number of carbonyl (C=O) groups excluding carboxylic acids is 1. The van der Waals surface area contributed by atoms with Gasteiger partial charge in [-0.05, 0) is 29.3 Å². The first-order valence-electron chi connectivity index (χ1n) is 9.45. The van der Waals surface area contributed by atoms with E-state index in [0.717, 1.165) is 27.8 Å². The summed E-state index contributed by atoms with van der Waals surface area (Å²) in [5.41, 5.74) is 4.31. The van der Waals surface area contributed by atoms with Crippen molar-refractivity contribution in [3.63, 3.8) is 0 Å². The normalized spacial score (nSPS) is 11.3. The molecule has 3 aromatic carbocycles. The number of aromatic nitrogens is 2. The van der Waals surface area contributed by atoms with Gasteiger partial charge in [-0.2, -0.15) is 5.26 Å². The monoisotopic (exact) mass is 393 g/mol. The van der Waals surface area contributed by atoms with Crippen molar-refractivity contribution in [1.29, 1.82) is 5.26 Å². The van der Waals surface area contributed by atoms with E-state index in [9.17, 15) is 10.1 Å². The number of hydrogen-bond acceptors (Lipinski definition) is 4. The van der Waals surface area contributed by atoms with Gasteiger partial charge in [-0.1, -0.05) is 60.7 Å². The number of nitriles is 1. The summed E-state index contributed by atoms with van der Waals surface area (Å²) >= 11 is 0. The van der Waals surface area contributed by atoms with Gasteiger partial charge < -0.3 is 15.6 Å². The Morgan fingerprint density at radius 1 is 1.00 bits per heavy atom. The molecule has 4 aromatic rings. The molecule has 0 fully saturated rings. The number of imidazole rings is 1. The largest absolute Gasteiger partial charge is 0.360 e. The van der Waals surface area contributed by atoms with Crippen molar-refractivity contribution in [3.8, 4) is 6.07 Å². The molecule has 1 aromatic heterocycles. The Morgan fingerprint density at radius 2 is 1.67 bits per heavy atom. The summed E-state index contributed by atoms with van der Waals surface area (Å²) in [5.74, 6) is -0.453. The van der Waals surface area contributed by atoms with Gasteiger partial charge in [0.25, 0.3) is 5.91 Å². The Labute approximate surface area is 173 Å². The highest BCUT2D eigenvalue weighted by Crippen LogP contribution is 2.22. The van der Waals surface area contributed by atoms with Crippen LogP contribution in [0.5, 0.6) is 0 Å². The van der Waals surface area contributed by atoms with E-state index < -0.39 is 5.91 Å². The van der Waals surface area contributed by atoms with Gasteiger partial charge in [-0.15, -0.1) is 0 Å². The van der Waals surface area contributed by atoms with Crippen molar-refractivity contribution in [2.75, 3.05) is 5.32 Å². The molecule has 0 aliphatic carbocycles. The molecule has 6 nitrogen and oxygen atoms in total. The summed E-state index contributed by atoms with van der Waals surface area (Å²) in [5, 5.41) is 15.5. The van der Waals surface area contributed by atoms with Gasteiger partial charge in [0.15, 0.2) is 0 Å². The predicted octanol–water partition coefficient (Wildman–Crippen LogP) is 4.29. The minimum atomic E-state index is -0.453. The lowest BCUT2D eigenvalue weighted by molar-refractivity contribution is -0.117. The number of H-pyrrole nitrogens is 1. The standard InChI is InChI=1S/C24H19N5O/c25-14-19(15-26-20-11-12-21-22(13-20)28-16-27-21)24(30)29-23(17-7-3-1-4-8-17)18-9-5-2-6-10-18/h1-13,15-16,23,26H,(H,27,28)(H,29,30)/b19-15-. The van der Waals surface area contributed by atoms with E-state index in [0.29, 0.717) is 0 Å². The van der Waals surface area contributed by atoms with E-state index in [1.54, 1.807) is 6.33 Å². The Morgan fingerprint density at radius 3 is 2.30 bits per heavy atom. The minimum absolute atomic E-state index is 0.0171. The summed E-state index contributed by atoms with van der Waals surface area (Å²) in [6, 6.07) is 26.5. The van der Waals surface area contributed by atoms with Crippen LogP contribution in [0.1, 0.15) is 17.2 Å². The van der Waals surface area contributed by atoms with Crippen LogP contribution in [0.3, 0.4) is 0 Å². The Kier molecular flexibility index (Phi) is 5.54. The Hall–Kier alpha value is -4.37. The van der Waals surface area contributed by atoms with Gasteiger partial charge >= 0.3 is 0 Å². The maximum atomic E-state index is 12.9. The molecular weight excluding hydrogens is 374 g/mol. The third-order valence-corrected chi connectivity index (χ3v) is 4.71. The fourth-order valence-corrected chi connectivity index (χ4v) is 3.19. The average Bonchev–Trinajstić information content (AvgIpc) is 3.27. The zero-order valence-electron chi connectivity index (χ0n) is 16.0. The molecule has 0 radical (unpaired) electrons. The van der Waals surface area contributed by atoms with Gasteiger partial charge in [0.2, 0.25) is 0 Å². The topological polar surface area (TPSA) is 93.6 Å². The molecule has 0 aliphatic heterocycles. The number of nitrogens with one attached hydrogen (secondary N) is 3. The van der Waals surface area contributed by atoms with Gasteiger partial charge in [0.1, 0.15) is 11.6 Å². The Bertz CT molecular complexity index is 1180. The minimum Gasteiger partial charge on any atom is -0.360 e. The van der Waals surface area contributed by atoms with Crippen LogP contribution in [-0.4, -0.2) is 15.9 Å². The fourth-order valence-electron chi connectivity index (χ4n) is 3.19. The van der Waals surface area contributed by atoms with Crippen molar-refractivity contribution in [3.05, 3.63) is 108 Å². The summed E-state index contributed by atoms with van der Waals surface area (Å²) in [6.45, 7) is 0. The van der Waals surface area contributed by atoms with Gasteiger partial charge in [0.05, 0.1) is 23.4 Å². The van der Waals surface area contributed by atoms with Gasteiger partial charge in [0, 0.05) is 11.9 Å². The van der Waals surface area contributed by atoms with Crippen LogP contribution < -0.4 is 10.6 Å². The molecule has 1 heterocycles. The number of anilines is 1. The number of nitrogens with zero attached hydrogens (tertiary/aromatic N) is 2. The summed E-state index contributed by atoms with van der Waals surface area (Å²) in [6.07, 6.45) is 3.03. The highest BCUT2D eigenvalue weighted by Gasteiger charge is 2.19. The lowest BCUT2D eigenvalue weighted by atomic mass is 9.98. The van der Waals surface area contributed by atoms with Gasteiger partial charge in [-0.3, -0.25) is 4.79 Å². The highest BCUT2D eigenvalue weighted by molar-refractivity contribution is 5.98. The lowest BCUT2D eigenvalue weighted by Crippen LogP contribution is -2.30. The molecule has 0 atom stereocenters. The first-order valence-corrected chi connectivity index (χ1v) is 9.45. The molecule has 0 saturated carbocycles. The van der Waals surface area contributed by atoms with E-state index >= 15 is 0 Å². The SMILES string of the molecule is N#C/C(=C/Nc1ccc2nc[nH]c2c1)C(=O)NC(c1ccccc1)c1ccccc1. The first-order chi connectivity index (χ1) is 14.7. The average molecular weight is 393 g/mol. The van der Waals surface area contributed by atoms with Crippen LogP contribution in [0.4, 0.5) is 5.69 Å². The number of hydrogen-bond donors (Lipinski definition) is 3. The maximum absolute atomic E-state index is 12.9. The fraction of sp³-hybridized carbons (Fsp3) is 0.0417. The van der Waals surface area contributed by atoms with Crippen molar-refractivity contribution in [2.24, 2.45) is 0 Å². The van der Waals surface area contributed by atoms with Crippen LogP contribution in [0.15, 0.2) is 97.0 Å². The number of amides is 1. The third-order valence-electron chi connectivity index (χ3n) is 4.71. The number of aromatic amines is 1. The van der Waals surface area contributed by atoms with Crippen molar-refractivity contribution in [1.82, 2.24) is 15.3 Å². The Balaban J connectivity index is 1.55. The van der Waals surface area contributed by atoms with Crippen LogP contribution in [0.2, 0.25) is 0 Å². The number of rotatable bonds is 6. The number of carbonyl (C=O) groups is 1. The molecule has 0 aliphatic rings. The van der Waals surface area contributed by atoms with E-state index in [1.165, 1.54) is 6.20 Å². The maximum Gasteiger partial charge on any atom is 0.264 e. The van der Waals surface area contributed by atoms with Crippen LogP contribution in [0.25, 0.3) is 11.0 Å². The molecule has 3 N–H and O–H groups in total. The van der Waals surface area contributed by atoms with E-state index in [-0.39, 0.29) is 11.6 Å². The molecule has 1 amide bonds. The third kappa shape index (κ3) is 4.21. The van der Waals surface area contributed by atoms with Crippen LogP contribution >= 0.6 is 0 Å². The molecule has 0 saturated heterocycles. The van der Waals surface area contributed by atoms with E-state index in [1.807, 2.05) is 84.9 Å². The van der Waals surface area contributed by atoms with Gasteiger partial charge in [-0.25, -0.2) is 4.98 Å². The predicted molar refractivity (Wildman–Crippen MR) is 116 cm³/mol. The quantitative estimate of drug-likeness (QED) is 0.336. The zero-order chi connectivity index (χ0) is 20.8. The summed E-state index contributed by atoms with van der Waals surface area (Å²) < 4.78 is 0. The van der Waals surface area contributed by atoms with Crippen molar-refractivity contribution in [2.45, 2.75) is 6.04 Å². The zero-order valence-corrected chi connectivity index (χ0v) is 16.0. The number of benzene rings is 3. The van der Waals surface area contributed by atoms with Crippen LogP contribution in [0, 0.1) is 11.3 Å². The second-order valence-corrected chi connectivity index (χ2v) is 6.68. The lowest BCUT2D eigenvalue weighted by Gasteiger charge is -2.19. The molecule has 6 heteroatoms. The molecular formula is C24H19N5O. The molecule has 0 spiro atoms. The first kappa shape index (κ1) is 19.0. The number of fused-ring (bicyclic) bond motifs is 1.